The molecule has 0 amide bonds. The minimum Gasteiger partial charge on any atom is -0.346 e. The molecular weight excluding hydrogens is 166 g/mol. The van der Waals surface area contributed by atoms with Crippen LogP contribution in [0.4, 0.5) is 0 Å². The van der Waals surface area contributed by atoms with Crippen LogP contribution >= 0.6 is 0 Å². The van der Waals surface area contributed by atoms with E-state index < -0.39 is 17.9 Å². The highest BCUT2D eigenvalue weighted by Crippen LogP contribution is 2.28. The highest BCUT2D eigenvalue weighted by atomic mass is 28.4. The molecule has 0 aliphatic carbocycles. The molecule has 0 aromatic rings. The Balaban J connectivity index is 2.69. The zero-order chi connectivity index (χ0) is 8.65. The topological polar surface area (TPSA) is 3.24 Å². The molecule has 2 atom stereocenters. The molecule has 0 saturated carbocycles. The van der Waals surface area contributed by atoms with E-state index in [9.17, 15) is 0 Å². The first-order valence-corrected chi connectivity index (χ1v) is 9.69. The van der Waals surface area contributed by atoms with Gasteiger partial charge in [-0.3, -0.25) is 0 Å². The predicted molar refractivity (Wildman–Crippen MR) is 57.2 cm³/mol. The summed E-state index contributed by atoms with van der Waals surface area (Å²) in [4.78, 5) is 0. The summed E-state index contributed by atoms with van der Waals surface area (Å²) in [6.45, 7) is 12.2. The molecule has 0 spiro atoms. The monoisotopic (exact) mass is 187 g/mol. The van der Waals surface area contributed by atoms with Gasteiger partial charge >= 0.3 is 0 Å². The summed E-state index contributed by atoms with van der Waals surface area (Å²) >= 11 is 0. The molecule has 66 valence electrons. The van der Waals surface area contributed by atoms with Crippen molar-refractivity contribution in [3.8, 4) is 0 Å². The van der Waals surface area contributed by atoms with Crippen molar-refractivity contribution in [2.24, 2.45) is 0 Å². The second kappa shape index (κ2) is 3.03. The third kappa shape index (κ3) is 1.95. The summed E-state index contributed by atoms with van der Waals surface area (Å²) in [6, 6.07) is 3.15. The fraction of sp³-hybridized carbons (Fsp3) is 1.00. The summed E-state index contributed by atoms with van der Waals surface area (Å²) in [5.74, 6) is 0. The van der Waals surface area contributed by atoms with Gasteiger partial charge in [0.2, 0.25) is 0 Å². The Morgan fingerprint density at radius 2 is 1.36 bits per heavy atom. The van der Waals surface area contributed by atoms with Gasteiger partial charge in [0, 0.05) is 0 Å². The molecule has 3 heteroatoms. The van der Waals surface area contributed by atoms with Gasteiger partial charge in [-0.05, 0) is 38.4 Å². The average molecular weight is 187 g/mol. The van der Waals surface area contributed by atoms with Crippen molar-refractivity contribution in [3.05, 3.63) is 0 Å². The first-order valence-electron chi connectivity index (χ1n) is 4.71. The van der Waals surface area contributed by atoms with Crippen molar-refractivity contribution in [2.45, 2.75) is 51.5 Å². The minimum atomic E-state index is -0.452. The molecule has 1 rings (SSSR count). The van der Waals surface area contributed by atoms with Gasteiger partial charge in [0.1, 0.15) is 17.9 Å². The molecule has 1 saturated heterocycles. The van der Waals surface area contributed by atoms with Crippen molar-refractivity contribution >= 4 is 17.9 Å². The Bertz CT molecular complexity index is 132. The van der Waals surface area contributed by atoms with Crippen molar-refractivity contribution in [2.75, 3.05) is 0 Å². The van der Waals surface area contributed by atoms with Crippen molar-refractivity contribution in [3.63, 3.8) is 0 Å². The van der Waals surface area contributed by atoms with Crippen LogP contribution in [0.1, 0.15) is 20.8 Å². The van der Waals surface area contributed by atoms with E-state index in [-0.39, 0.29) is 0 Å². The number of hydrogen-bond acceptors (Lipinski definition) is 1. The van der Waals surface area contributed by atoms with Gasteiger partial charge in [-0.1, -0.05) is 13.1 Å². The smallest absolute Gasteiger partial charge is 0.101 e. The van der Waals surface area contributed by atoms with Gasteiger partial charge in [-0.25, -0.2) is 0 Å². The number of rotatable bonds is 0. The molecule has 1 nitrogen and oxygen atoms in total. The summed E-state index contributed by atoms with van der Waals surface area (Å²) < 4.78 is 2.91. The Morgan fingerprint density at radius 3 is 1.55 bits per heavy atom. The fourth-order valence-electron chi connectivity index (χ4n) is 2.52. The van der Waals surface area contributed by atoms with E-state index in [0.29, 0.717) is 5.54 Å². The quantitative estimate of drug-likeness (QED) is 0.523. The second-order valence-corrected chi connectivity index (χ2v) is 11.1. The molecule has 0 aromatic heterocycles. The van der Waals surface area contributed by atoms with Gasteiger partial charge in [0.05, 0.1) is 0 Å². The van der Waals surface area contributed by atoms with Crippen LogP contribution in [0.3, 0.4) is 0 Å². The fourth-order valence-corrected chi connectivity index (χ4v) is 13.9. The van der Waals surface area contributed by atoms with Crippen LogP contribution in [0.2, 0.25) is 25.2 Å². The lowest BCUT2D eigenvalue weighted by atomic mass is 10.1. The third-order valence-electron chi connectivity index (χ3n) is 2.73. The molecule has 2 unspecified atom stereocenters. The summed E-state index contributed by atoms with van der Waals surface area (Å²) in [7, 11) is -0.904. The molecule has 11 heavy (non-hydrogen) atoms. The van der Waals surface area contributed by atoms with Gasteiger partial charge in [0.25, 0.3) is 0 Å². The molecule has 0 aromatic carbocycles. The van der Waals surface area contributed by atoms with Crippen molar-refractivity contribution < 1.29 is 0 Å². The Kier molecular flexibility index (Phi) is 2.61. The van der Waals surface area contributed by atoms with Crippen LogP contribution in [0.5, 0.6) is 0 Å². The Hall–Kier alpha value is 0.394. The first-order chi connectivity index (χ1) is 4.93. The van der Waals surface area contributed by atoms with E-state index in [2.05, 4.69) is 38.1 Å². The molecule has 0 radical (unpaired) electrons. The van der Waals surface area contributed by atoms with E-state index in [1.807, 2.05) is 0 Å². The van der Waals surface area contributed by atoms with E-state index in [1.165, 1.54) is 0 Å². The summed E-state index contributed by atoms with van der Waals surface area (Å²) in [5, 5.41) is 0. The zero-order valence-electron chi connectivity index (χ0n) is 8.52. The Labute approximate surface area is 74.2 Å². The van der Waals surface area contributed by atoms with Crippen LogP contribution in [0.25, 0.3) is 0 Å². The lowest BCUT2D eigenvalue weighted by molar-refractivity contribution is 0.369. The van der Waals surface area contributed by atoms with Gasteiger partial charge in [0.15, 0.2) is 0 Å². The van der Waals surface area contributed by atoms with E-state index >= 15 is 0 Å². The molecule has 0 bridgehead atoms. The second-order valence-electron chi connectivity index (χ2n) is 4.85. The molecular formula is C8H21NSi2. The third-order valence-corrected chi connectivity index (χ3v) is 12.2. The van der Waals surface area contributed by atoms with Gasteiger partial charge < -0.3 is 4.23 Å². The van der Waals surface area contributed by atoms with Crippen molar-refractivity contribution in [1.29, 1.82) is 0 Å². The standard InChI is InChI=1S/C8H21NSi2/c1-8(2,3)9-10(4)6-7-11(9)5/h10-11H,6-7H2,1-5H3. The van der Waals surface area contributed by atoms with Crippen LogP contribution in [0.15, 0.2) is 0 Å². The van der Waals surface area contributed by atoms with Gasteiger partial charge in [-0.15, -0.1) is 0 Å². The van der Waals surface area contributed by atoms with E-state index in [4.69, 9.17) is 0 Å². The maximum absolute atomic E-state index is 2.91. The highest BCUT2D eigenvalue weighted by Gasteiger charge is 2.36. The van der Waals surface area contributed by atoms with Gasteiger partial charge in [-0.2, -0.15) is 0 Å². The zero-order valence-corrected chi connectivity index (χ0v) is 10.8. The summed E-state index contributed by atoms with van der Waals surface area (Å²) in [6.07, 6.45) is 0. The maximum atomic E-state index is 2.91. The largest absolute Gasteiger partial charge is 0.346 e. The maximum Gasteiger partial charge on any atom is 0.101 e. The first kappa shape index (κ1) is 9.48. The van der Waals surface area contributed by atoms with Crippen LogP contribution in [-0.2, 0) is 0 Å². The summed E-state index contributed by atoms with van der Waals surface area (Å²) in [5.41, 5.74) is 0.480. The minimum absolute atomic E-state index is 0.452. The normalized spacial score (nSPS) is 34.6. The van der Waals surface area contributed by atoms with Crippen LogP contribution in [-0.4, -0.2) is 27.7 Å². The van der Waals surface area contributed by atoms with Crippen molar-refractivity contribution in [1.82, 2.24) is 4.23 Å². The SMILES string of the molecule is C[SiH]1CC[SiH](C)N1C(C)(C)C. The molecule has 1 fully saturated rings. The lowest BCUT2D eigenvalue weighted by Gasteiger charge is -2.39. The highest BCUT2D eigenvalue weighted by molar-refractivity contribution is 6.76. The average Bonchev–Trinajstić information content (AvgIpc) is 2.08. The van der Waals surface area contributed by atoms with E-state index in [0.717, 1.165) is 0 Å². The number of hydrogen-bond donors (Lipinski definition) is 0. The molecule has 1 aliphatic rings. The van der Waals surface area contributed by atoms with Crippen LogP contribution < -0.4 is 0 Å². The predicted octanol–water partition coefficient (Wildman–Crippen LogP) is 1.81. The molecule has 0 N–H and O–H groups in total. The van der Waals surface area contributed by atoms with Crippen LogP contribution in [0, 0.1) is 0 Å². The lowest BCUT2D eigenvalue weighted by Crippen LogP contribution is -2.51. The van der Waals surface area contributed by atoms with E-state index in [1.54, 1.807) is 12.1 Å². The molecule has 1 heterocycles. The number of nitrogens with zero attached hydrogens (tertiary/aromatic N) is 1. The Morgan fingerprint density at radius 1 is 1.00 bits per heavy atom. The molecule has 1 aliphatic heterocycles.